The summed E-state index contributed by atoms with van der Waals surface area (Å²) in [5.41, 5.74) is 1.16. The molecule has 2 aromatic heterocycles. The van der Waals surface area contributed by atoms with Crippen LogP contribution in [0.15, 0.2) is 36.9 Å². The maximum Gasteiger partial charge on any atom is 0.225 e. The number of hydrogen-bond donors (Lipinski definition) is 0. The van der Waals surface area contributed by atoms with E-state index in [2.05, 4.69) is 25.9 Å². The molecule has 1 atom stereocenters. The summed E-state index contributed by atoms with van der Waals surface area (Å²) in [7, 11) is 0. The molecule has 18 heavy (non-hydrogen) atoms. The van der Waals surface area contributed by atoms with Crippen molar-refractivity contribution in [3.8, 4) is 0 Å². The van der Waals surface area contributed by atoms with E-state index in [-0.39, 0.29) is 6.04 Å². The molecular weight excluding hydrogens is 231 g/mol. The first-order valence-electron chi connectivity index (χ1n) is 5.99. The average Bonchev–Trinajstić information content (AvgIpc) is 2.90. The first kappa shape index (κ1) is 11.1. The summed E-state index contributed by atoms with van der Waals surface area (Å²) >= 11 is 0. The van der Waals surface area contributed by atoms with Crippen LogP contribution in [0.1, 0.15) is 24.4 Å². The molecule has 5 heteroatoms. The van der Waals surface area contributed by atoms with Crippen LogP contribution in [0.5, 0.6) is 0 Å². The minimum absolute atomic E-state index is 0.240. The standard InChI is InChI=1S/C13H13FN4/c14-11-8-16-13(17-9-11)18-6-2-4-12(18)10-3-1-5-15-7-10/h1,3,5,7-9,12H,2,4,6H2. The van der Waals surface area contributed by atoms with Crippen molar-refractivity contribution < 1.29 is 4.39 Å². The molecular formula is C13H13FN4. The summed E-state index contributed by atoms with van der Waals surface area (Å²) in [6.45, 7) is 0.894. The van der Waals surface area contributed by atoms with E-state index in [0.717, 1.165) is 24.9 Å². The van der Waals surface area contributed by atoms with Crippen LogP contribution in [0.3, 0.4) is 0 Å². The van der Waals surface area contributed by atoms with E-state index in [4.69, 9.17) is 0 Å². The van der Waals surface area contributed by atoms with Crippen molar-refractivity contribution in [2.24, 2.45) is 0 Å². The molecule has 0 bridgehead atoms. The molecule has 0 radical (unpaired) electrons. The van der Waals surface area contributed by atoms with Gasteiger partial charge in [0.1, 0.15) is 0 Å². The van der Waals surface area contributed by atoms with Crippen LogP contribution in [-0.2, 0) is 0 Å². The van der Waals surface area contributed by atoms with Gasteiger partial charge in [-0.2, -0.15) is 0 Å². The molecule has 0 N–H and O–H groups in total. The van der Waals surface area contributed by atoms with Gasteiger partial charge in [0.05, 0.1) is 18.4 Å². The maximum absolute atomic E-state index is 12.8. The SMILES string of the molecule is Fc1cnc(N2CCCC2c2cccnc2)nc1. The highest BCUT2D eigenvalue weighted by molar-refractivity contribution is 5.37. The fourth-order valence-electron chi connectivity index (χ4n) is 2.38. The second-order valence-electron chi connectivity index (χ2n) is 4.34. The fourth-order valence-corrected chi connectivity index (χ4v) is 2.38. The molecule has 0 amide bonds. The zero-order valence-corrected chi connectivity index (χ0v) is 9.83. The molecule has 1 aliphatic heterocycles. The summed E-state index contributed by atoms with van der Waals surface area (Å²) in [6, 6.07) is 4.22. The summed E-state index contributed by atoms with van der Waals surface area (Å²) in [5, 5.41) is 0. The van der Waals surface area contributed by atoms with Crippen molar-refractivity contribution in [3.63, 3.8) is 0 Å². The predicted octanol–water partition coefficient (Wildman–Crippen LogP) is 2.35. The lowest BCUT2D eigenvalue weighted by atomic mass is 10.1. The first-order chi connectivity index (χ1) is 8.84. The van der Waals surface area contributed by atoms with Gasteiger partial charge in [-0.1, -0.05) is 6.07 Å². The van der Waals surface area contributed by atoms with Crippen LogP contribution in [0, 0.1) is 5.82 Å². The van der Waals surface area contributed by atoms with E-state index < -0.39 is 5.82 Å². The van der Waals surface area contributed by atoms with Gasteiger partial charge in [0.15, 0.2) is 5.82 Å². The molecule has 0 aliphatic carbocycles. The van der Waals surface area contributed by atoms with Crippen LogP contribution >= 0.6 is 0 Å². The lowest BCUT2D eigenvalue weighted by Gasteiger charge is -2.24. The Morgan fingerprint density at radius 3 is 2.78 bits per heavy atom. The van der Waals surface area contributed by atoms with Crippen LogP contribution in [-0.4, -0.2) is 21.5 Å². The molecule has 0 spiro atoms. The zero-order valence-electron chi connectivity index (χ0n) is 9.83. The van der Waals surface area contributed by atoms with E-state index in [1.54, 1.807) is 6.20 Å². The zero-order chi connectivity index (χ0) is 12.4. The molecule has 3 heterocycles. The van der Waals surface area contributed by atoms with Gasteiger partial charge in [-0.15, -0.1) is 0 Å². The van der Waals surface area contributed by atoms with Crippen molar-refractivity contribution in [2.45, 2.75) is 18.9 Å². The largest absolute Gasteiger partial charge is 0.334 e. The smallest absolute Gasteiger partial charge is 0.225 e. The molecule has 4 nitrogen and oxygen atoms in total. The van der Waals surface area contributed by atoms with Gasteiger partial charge in [-0.25, -0.2) is 14.4 Å². The highest BCUT2D eigenvalue weighted by atomic mass is 19.1. The summed E-state index contributed by atoms with van der Waals surface area (Å²) < 4.78 is 12.8. The third kappa shape index (κ3) is 2.03. The van der Waals surface area contributed by atoms with Crippen LogP contribution in [0.25, 0.3) is 0 Å². The van der Waals surface area contributed by atoms with E-state index in [1.807, 2.05) is 12.3 Å². The average molecular weight is 244 g/mol. The number of halogens is 1. The molecule has 0 aromatic carbocycles. The molecule has 1 fully saturated rings. The monoisotopic (exact) mass is 244 g/mol. The van der Waals surface area contributed by atoms with Crippen LogP contribution in [0.2, 0.25) is 0 Å². The van der Waals surface area contributed by atoms with E-state index in [1.165, 1.54) is 12.4 Å². The molecule has 1 saturated heterocycles. The minimum atomic E-state index is -0.407. The topological polar surface area (TPSA) is 41.9 Å². The lowest BCUT2D eigenvalue weighted by molar-refractivity contribution is 0.608. The Bertz CT molecular complexity index is 514. The Labute approximate surface area is 105 Å². The normalized spacial score (nSPS) is 19.2. The van der Waals surface area contributed by atoms with Crippen molar-refractivity contribution in [1.82, 2.24) is 15.0 Å². The van der Waals surface area contributed by atoms with Gasteiger partial charge in [0, 0.05) is 18.9 Å². The third-order valence-electron chi connectivity index (χ3n) is 3.19. The molecule has 0 saturated carbocycles. The molecule has 92 valence electrons. The summed E-state index contributed by atoms with van der Waals surface area (Å²) in [6.07, 6.45) is 8.18. The number of rotatable bonds is 2. The number of nitrogens with zero attached hydrogens (tertiary/aromatic N) is 4. The van der Waals surface area contributed by atoms with Crippen LogP contribution < -0.4 is 4.90 Å². The quantitative estimate of drug-likeness (QED) is 0.813. The predicted molar refractivity (Wildman–Crippen MR) is 65.5 cm³/mol. The van der Waals surface area contributed by atoms with Crippen molar-refractivity contribution in [2.75, 3.05) is 11.4 Å². The summed E-state index contributed by atoms with van der Waals surface area (Å²) in [5.74, 6) is 0.179. The van der Waals surface area contributed by atoms with Gasteiger partial charge in [0.25, 0.3) is 0 Å². The van der Waals surface area contributed by atoms with Crippen LogP contribution in [0.4, 0.5) is 10.3 Å². The summed E-state index contributed by atoms with van der Waals surface area (Å²) in [4.78, 5) is 14.4. The lowest BCUT2D eigenvalue weighted by Crippen LogP contribution is -2.24. The Kier molecular flexibility index (Phi) is 2.88. The highest BCUT2D eigenvalue weighted by Gasteiger charge is 2.27. The van der Waals surface area contributed by atoms with Gasteiger partial charge in [0.2, 0.25) is 5.95 Å². The van der Waals surface area contributed by atoms with Gasteiger partial charge < -0.3 is 4.90 Å². The maximum atomic E-state index is 12.8. The van der Waals surface area contributed by atoms with E-state index in [9.17, 15) is 4.39 Å². The molecule has 1 aliphatic rings. The van der Waals surface area contributed by atoms with Crippen molar-refractivity contribution in [3.05, 3.63) is 48.3 Å². The van der Waals surface area contributed by atoms with E-state index in [0.29, 0.717) is 5.95 Å². The van der Waals surface area contributed by atoms with Crippen molar-refractivity contribution in [1.29, 1.82) is 0 Å². The van der Waals surface area contributed by atoms with E-state index >= 15 is 0 Å². The van der Waals surface area contributed by atoms with Gasteiger partial charge in [-0.3, -0.25) is 4.98 Å². The Hall–Kier alpha value is -2.04. The number of aromatic nitrogens is 3. The highest BCUT2D eigenvalue weighted by Crippen LogP contribution is 2.33. The van der Waals surface area contributed by atoms with Gasteiger partial charge in [-0.05, 0) is 24.5 Å². The molecule has 2 aromatic rings. The van der Waals surface area contributed by atoms with Crippen molar-refractivity contribution >= 4 is 5.95 Å². The first-order valence-corrected chi connectivity index (χ1v) is 5.99. The number of pyridine rings is 1. The van der Waals surface area contributed by atoms with Gasteiger partial charge >= 0.3 is 0 Å². The number of anilines is 1. The molecule has 1 unspecified atom stereocenters. The second-order valence-corrected chi connectivity index (χ2v) is 4.34. The minimum Gasteiger partial charge on any atom is -0.334 e. The second kappa shape index (κ2) is 4.68. The molecule has 3 rings (SSSR count). The number of hydrogen-bond acceptors (Lipinski definition) is 4. The Balaban J connectivity index is 1.90. The Morgan fingerprint density at radius 1 is 1.22 bits per heavy atom. The Morgan fingerprint density at radius 2 is 2.06 bits per heavy atom. The fraction of sp³-hybridized carbons (Fsp3) is 0.308. The third-order valence-corrected chi connectivity index (χ3v) is 3.19.